The van der Waals surface area contributed by atoms with Gasteiger partial charge in [0, 0.05) is 33.6 Å². The fourth-order valence-corrected chi connectivity index (χ4v) is 6.32. The fourth-order valence-electron chi connectivity index (χ4n) is 4.88. The summed E-state index contributed by atoms with van der Waals surface area (Å²) in [4.78, 5) is 33.7. The van der Waals surface area contributed by atoms with Crippen LogP contribution in [0.25, 0.3) is 17.0 Å². The van der Waals surface area contributed by atoms with Crippen LogP contribution in [-0.4, -0.2) is 27.5 Å². The molecule has 5 rings (SSSR count). The summed E-state index contributed by atoms with van der Waals surface area (Å²) in [5, 5.41) is 1.09. The fraction of sp³-hybridized carbons (Fsp3) is 0.300. The predicted octanol–water partition coefficient (Wildman–Crippen LogP) is 5.44. The van der Waals surface area contributed by atoms with Crippen LogP contribution in [0.4, 0.5) is 0 Å². The number of carbonyl (C=O) groups excluding carboxylic acids is 1. The lowest BCUT2D eigenvalue weighted by atomic mass is 9.96. The largest absolute Gasteiger partial charge is 0.459 e. The zero-order valence-electron chi connectivity index (χ0n) is 22.4. The first-order valence-corrected chi connectivity index (χ1v) is 14.7. The molecule has 4 aromatic rings. The minimum absolute atomic E-state index is 0.170. The molecule has 1 aliphatic heterocycles. The van der Waals surface area contributed by atoms with Gasteiger partial charge in [-0.3, -0.25) is 9.36 Å². The maximum atomic E-state index is 14.0. The molecule has 6 nitrogen and oxygen atoms in total. The number of hydrogen-bond acceptors (Lipinski definition) is 6. The van der Waals surface area contributed by atoms with Crippen LogP contribution < -0.4 is 14.9 Å². The highest BCUT2D eigenvalue weighted by Gasteiger charge is 2.33. The lowest BCUT2D eigenvalue weighted by Gasteiger charge is -2.25. The van der Waals surface area contributed by atoms with Crippen molar-refractivity contribution in [3.05, 3.63) is 96.8 Å². The highest BCUT2D eigenvalue weighted by Crippen LogP contribution is 2.32. The van der Waals surface area contributed by atoms with Crippen molar-refractivity contribution in [3.8, 4) is 0 Å². The van der Waals surface area contributed by atoms with E-state index in [0.717, 1.165) is 26.9 Å². The second kappa shape index (κ2) is 10.4. The molecule has 0 spiro atoms. The standard InChI is InChI=1S/C30H31N3O3S2/c1-17(2)32-16-21(23-9-7-8-10-24(23)32)15-25-28(34)33-27(20-11-13-22(37-6)14-12-20)26(29(35)36-18(3)4)19(5)31-30(33)38-25/h7-18,27H,1-6H3/b25-15-/t27-/m0/s1. The van der Waals surface area contributed by atoms with E-state index >= 15 is 0 Å². The first kappa shape index (κ1) is 26.3. The smallest absolute Gasteiger partial charge is 0.338 e. The van der Waals surface area contributed by atoms with Gasteiger partial charge in [0.1, 0.15) is 0 Å². The highest BCUT2D eigenvalue weighted by atomic mass is 32.2. The molecule has 0 saturated heterocycles. The number of esters is 1. The van der Waals surface area contributed by atoms with Gasteiger partial charge in [0.05, 0.1) is 27.9 Å². The van der Waals surface area contributed by atoms with Crippen molar-refractivity contribution in [2.45, 2.75) is 57.7 Å². The molecule has 1 atom stereocenters. The zero-order valence-corrected chi connectivity index (χ0v) is 24.0. The van der Waals surface area contributed by atoms with Gasteiger partial charge in [-0.1, -0.05) is 41.7 Å². The van der Waals surface area contributed by atoms with E-state index in [1.807, 2.05) is 69.5 Å². The van der Waals surface area contributed by atoms with Crippen LogP contribution in [0.2, 0.25) is 0 Å². The number of carbonyl (C=O) groups is 1. The molecule has 0 saturated carbocycles. The van der Waals surface area contributed by atoms with E-state index in [2.05, 4.69) is 36.7 Å². The number of rotatable bonds is 6. The maximum absolute atomic E-state index is 14.0. The molecule has 8 heteroatoms. The Labute approximate surface area is 230 Å². The Morgan fingerprint density at radius 2 is 1.82 bits per heavy atom. The third-order valence-corrected chi connectivity index (χ3v) is 8.36. The van der Waals surface area contributed by atoms with Crippen molar-refractivity contribution in [2.24, 2.45) is 4.99 Å². The topological polar surface area (TPSA) is 65.6 Å². The van der Waals surface area contributed by atoms with Crippen LogP contribution in [0, 0.1) is 0 Å². The lowest BCUT2D eigenvalue weighted by Crippen LogP contribution is -2.40. The van der Waals surface area contributed by atoms with E-state index in [1.54, 1.807) is 16.3 Å². The number of ether oxygens (including phenoxy) is 1. The molecule has 0 aliphatic carbocycles. The molecule has 2 aromatic carbocycles. The Kier molecular flexibility index (Phi) is 7.20. The summed E-state index contributed by atoms with van der Waals surface area (Å²) >= 11 is 2.99. The van der Waals surface area contributed by atoms with E-state index in [4.69, 9.17) is 9.73 Å². The van der Waals surface area contributed by atoms with Gasteiger partial charge in [-0.25, -0.2) is 9.79 Å². The molecule has 3 heterocycles. The van der Waals surface area contributed by atoms with Crippen molar-refractivity contribution in [1.29, 1.82) is 0 Å². The van der Waals surface area contributed by atoms with Crippen molar-refractivity contribution in [1.82, 2.24) is 9.13 Å². The quantitative estimate of drug-likeness (QED) is 0.239. The van der Waals surface area contributed by atoms with Crippen molar-refractivity contribution < 1.29 is 9.53 Å². The van der Waals surface area contributed by atoms with E-state index < -0.39 is 12.0 Å². The molecular weight excluding hydrogens is 514 g/mol. The molecule has 196 valence electrons. The van der Waals surface area contributed by atoms with Crippen LogP contribution in [0.15, 0.2) is 80.7 Å². The van der Waals surface area contributed by atoms with Gasteiger partial charge in [-0.2, -0.15) is 0 Å². The summed E-state index contributed by atoms with van der Waals surface area (Å²) in [7, 11) is 0. The molecule has 0 radical (unpaired) electrons. The first-order chi connectivity index (χ1) is 18.2. The van der Waals surface area contributed by atoms with Crippen LogP contribution in [0.3, 0.4) is 0 Å². The maximum Gasteiger partial charge on any atom is 0.338 e. The van der Waals surface area contributed by atoms with Crippen molar-refractivity contribution >= 4 is 46.0 Å². The zero-order chi connectivity index (χ0) is 27.1. The van der Waals surface area contributed by atoms with Crippen molar-refractivity contribution in [2.75, 3.05) is 6.26 Å². The van der Waals surface area contributed by atoms with Gasteiger partial charge in [0.2, 0.25) is 0 Å². The Balaban J connectivity index is 1.73. The Morgan fingerprint density at radius 3 is 2.47 bits per heavy atom. The lowest BCUT2D eigenvalue weighted by molar-refractivity contribution is -0.143. The van der Waals surface area contributed by atoms with Gasteiger partial charge >= 0.3 is 5.97 Å². The van der Waals surface area contributed by atoms with E-state index in [9.17, 15) is 9.59 Å². The van der Waals surface area contributed by atoms with Gasteiger partial charge in [0.15, 0.2) is 4.80 Å². The number of aromatic nitrogens is 2. The molecule has 0 amide bonds. The summed E-state index contributed by atoms with van der Waals surface area (Å²) in [6.07, 6.45) is 5.78. The highest BCUT2D eigenvalue weighted by molar-refractivity contribution is 7.98. The molecular formula is C30H31N3O3S2. The number of hydrogen-bond donors (Lipinski definition) is 0. The molecule has 0 fully saturated rings. The number of nitrogens with zero attached hydrogens (tertiary/aromatic N) is 3. The number of thioether (sulfide) groups is 1. The summed E-state index contributed by atoms with van der Waals surface area (Å²) in [5.74, 6) is -0.450. The summed E-state index contributed by atoms with van der Waals surface area (Å²) < 4.78 is 10.0. The molecule has 0 N–H and O–H groups in total. The minimum atomic E-state index is -0.618. The molecule has 0 unspecified atom stereocenters. The third kappa shape index (κ3) is 4.67. The minimum Gasteiger partial charge on any atom is -0.459 e. The SMILES string of the molecule is CSc1ccc([C@H]2C(C(=O)OC(C)C)=C(C)N=c3s/c(=C\c4cn(C(C)C)c5ccccc45)c(=O)n32)cc1. The van der Waals surface area contributed by atoms with Crippen LogP contribution in [-0.2, 0) is 9.53 Å². The van der Waals surface area contributed by atoms with Gasteiger partial charge in [0.25, 0.3) is 5.56 Å². The molecule has 38 heavy (non-hydrogen) atoms. The van der Waals surface area contributed by atoms with Crippen LogP contribution >= 0.6 is 23.1 Å². The average molecular weight is 546 g/mol. The second-order valence-corrected chi connectivity index (χ2v) is 11.8. The monoisotopic (exact) mass is 545 g/mol. The molecule has 0 bridgehead atoms. The Morgan fingerprint density at radius 1 is 1.11 bits per heavy atom. The molecule has 1 aliphatic rings. The van der Waals surface area contributed by atoms with Crippen molar-refractivity contribution in [3.63, 3.8) is 0 Å². The van der Waals surface area contributed by atoms with E-state index in [1.165, 1.54) is 11.3 Å². The first-order valence-electron chi connectivity index (χ1n) is 12.7. The average Bonchev–Trinajstić information content (AvgIpc) is 3.40. The normalized spacial score (nSPS) is 15.9. The third-order valence-electron chi connectivity index (χ3n) is 6.63. The number of benzene rings is 2. The van der Waals surface area contributed by atoms with Crippen LogP contribution in [0.5, 0.6) is 0 Å². The van der Waals surface area contributed by atoms with E-state index in [-0.39, 0.29) is 17.7 Å². The summed E-state index contributed by atoms with van der Waals surface area (Å²) in [5.41, 5.74) is 3.75. The number of fused-ring (bicyclic) bond motifs is 2. The Hall–Kier alpha value is -3.36. The van der Waals surface area contributed by atoms with Gasteiger partial charge < -0.3 is 9.30 Å². The van der Waals surface area contributed by atoms with Gasteiger partial charge in [-0.05, 0) is 70.7 Å². The van der Waals surface area contributed by atoms with Crippen LogP contribution in [0.1, 0.15) is 57.8 Å². The number of para-hydroxylation sites is 1. The summed E-state index contributed by atoms with van der Waals surface area (Å²) in [6, 6.07) is 15.9. The number of thiazole rings is 1. The predicted molar refractivity (Wildman–Crippen MR) is 156 cm³/mol. The summed E-state index contributed by atoms with van der Waals surface area (Å²) in [6.45, 7) is 9.74. The Bertz CT molecular complexity index is 1740. The van der Waals surface area contributed by atoms with E-state index in [0.29, 0.717) is 20.6 Å². The molecule has 2 aromatic heterocycles. The van der Waals surface area contributed by atoms with Gasteiger partial charge in [-0.15, -0.1) is 11.8 Å². The second-order valence-electron chi connectivity index (χ2n) is 9.91. The number of allylic oxidation sites excluding steroid dienone is 1.